The zero-order valence-corrected chi connectivity index (χ0v) is 82.9. The van der Waals surface area contributed by atoms with Crippen LogP contribution in [0.5, 0.6) is 34.5 Å². The molecule has 18 rings (SSSR count). The standard InChI is InChI=1S/C21H21NO5.C20H21NO4.2C20H19NO4.C19H16N2O2.C19H19NO3/c1-14(23)27-20-11-16(8-9-18(20)25-2)13-26-19-12-21(24)22-17(19)10-15-6-4-3-5-7-15;1-23-16-8-9-18(24-2)15(11-16)13-25-19-12-20(22)21-17(19)10-14-6-4-3-5-7-14;1-24-20(23)16-9-7-15(8-10-16)13-25-18-12-19(22)21-17(18)11-14-5-3-2-4-6-14;1-14(22)25-17-9-7-16(8-10-17)13-24-19-12-20(23)21-18(19)11-15-5-3-2-4-6-15;20-12-15-6-8-16(9-7-15)13-23-18-11-19(22)21-17(18)10-14-4-2-1-3-5-14;1-22-16-9-7-15(8-10-16)13-23-18-12-19(21)20-17(18)11-14-5-3-2-4-6-14/h3-9,11-12,17H,10,13H2,1-2H3,(H,22,24);3-9,11-12,17H,10,13H2,1-2H3,(H,21,22);2-10,12,17H,11,13H2,1H3,(H,21,22);2-10,12,18H,11,13H2,1H3,(H,21,23);1-9,11,17H,10,13H2,(H,21,22);2-10,12,17H,11,13H2,1H3,(H,20,21)/t3*17-;18-;2*17-/m000000/s1. The van der Waals surface area contributed by atoms with Crippen molar-refractivity contribution in [1.29, 1.82) is 5.26 Å². The largest absolute Gasteiger partial charge is 0.497 e. The van der Waals surface area contributed by atoms with Gasteiger partial charge in [-0.2, -0.15) is 5.26 Å². The van der Waals surface area contributed by atoms with Crippen LogP contribution < -0.4 is 60.3 Å². The molecule has 0 unspecified atom stereocenters. The van der Waals surface area contributed by atoms with Crippen LogP contribution >= 0.6 is 0 Å². The number of benzene rings is 12. The van der Waals surface area contributed by atoms with Crippen molar-refractivity contribution in [1.82, 2.24) is 31.9 Å². The number of carbonyl (C=O) groups excluding carboxylic acids is 9. The maximum Gasteiger partial charge on any atom is 0.337 e. The highest BCUT2D eigenvalue weighted by atomic mass is 16.6. The van der Waals surface area contributed by atoms with E-state index in [9.17, 15) is 43.2 Å². The molecule has 0 aromatic heterocycles. The van der Waals surface area contributed by atoms with Crippen molar-refractivity contribution in [2.45, 2.75) is 128 Å². The van der Waals surface area contributed by atoms with Crippen molar-refractivity contribution >= 4 is 53.4 Å². The Morgan fingerprint density at radius 2 is 0.527 bits per heavy atom. The van der Waals surface area contributed by atoms with Gasteiger partial charge in [0.05, 0.1) is 89.0 Å². The molecule has 6 aliphatic rings. The molecular formula is C119H115N7O22. The molecule has 6 aliphatic heterocycles. The molecule has 12 aromatic carbocycles. The second kappa shape index (κ2) is 55.4. The third kappa shape index (κ3) is 34.0. The summed E-state index contributed by atoms with van der Waals surface area (Å²) < 4.78 is 70.9. The zero-order valence-electron chi connectivity index (χ0n) is 82.9. The van der Waals surface area contributed by atoms with Crippen molar-refractivity contribution in [2.75, 3.05) is 35.5 Å². The summed E-state index contributed by atoms with van der Waals surface area (Å²) in [4.78, 5) is 104. The monoisotopic (exact) mass is 1990 g/mol. The van der Waals surface area contributed by atoms with E-state index in [4.69, 9.17) is 62.1 Å². The first-order valence-corrected chi connectivity index (χ1v) is 47.7. The number of nitrogens with zero attached hydrogens (tertiary/aromatic N) is 1. The lowest BCUT2D eigenvalue weighted by molar-refractivity contribution is -0.132. The summed E-state index contributed by atoms with van der Waals surface area (Å²) >= 11 is 0. The molecule has 758 valence electrons. The minimum atomic E-state index is -0.428. The van der Waals surface area contributed by atoms with Crippen LogP contribution in [-0.4, -0.2) is 125 Å². The van der Waals surface area contributed by atoms with Gasteiger partial charge in [0.25, 0.3) is 0 Å². The van der Waals surface area contributed by atoms with Crippen LogP contribution in [0.25, 0.3) is 0 Å². The Bertz CT molecular complexity index is 6740. The molecule has 6 amide bonds. The average Bonchev–Trinajstić information content (AvgIpc) is 1.59. The zero-order chi connectivity index (χ0) is 104. The van der Waals surface area contributed by atoms with E-state index in [1.54, 1.807) is 69.9 Å². The Hall–Kier alpha value is -18.2. The molecule has 0 fully saturated rings. The minimum absolute atomic E-state index is 0.101. The molecule has 6 heterocycles. The number of hydrogen-bond acceptors (Lipinski definition) is 23. The highest BCUT2D eigenvalue weighted by molar-refractivity contribution is 5.94. The predicted octanol–water partition coefficient (Wildman–Crippen LogP) is 16.5. The van der Waals surface area contributed by atoms with Crippen LogP contribution in [0.3, 0.4) is 0 Å². The molecule has 0 saturated heterocycles. The first-order chi connectivity index (χ1) is 72.0. The summed E-state index contributed by atoms with van der Waals surface area (Å²) in [7, 11) is 7.73. The van der Waals surface area contributed by atoms with Gasteiger partial charge in [-0.15, -0.1) is 0 Å². The number of nitriles is 1. The van der Waals surface area contributed by atoms with Crippen LogP contribution in [-0.2, 0) is 150 Å². The van der Waals surface area contributed by atoms with Gasteiger partial charge in [0.2, 0.25) is 35.4 Å². The van der Waals surface area contributed by atoms with E-state index >= 15 is 0 Å². The van der Waals surface area contributed by atoms with Gasteiger partial charge in [-0.3, -0.25) is 38.4 Å². The quantitative estimate of drug-likeness (QED) is 0.0156. The highest BCUT2D eigenvalue weighted by Crippen LogP contribution is 2.33. The van der Waals surface area contributed by atoms with Crippen molar-refractivity contribution in [2.24, 2.45) is 0 Å². The first-order valence-electron chi connectivity index (χ1n) is 47.7. The molecule has 29 heteroatoms. The third-order valence-corrected chi connectivity index (χ3v) is 23.5. The van der Waals surface area contributed by atoms with E-state index in [1.165, 1.54) is 70.1 Å². The number of rotatable bonds is 37. The Balaban J connectivity index is 0.000000148. The van der Waals surface area contributed by atoms with Gasteiger partial charge in [0.1, 0.15) is 97.2 Å². The van der Waals surface area contributed by atoms with Gasteiger partial charge >= 0.3 is 17.9 Å². The van der Waals surface area contributed by atoms with Gasteiger partial charge in [0.15, 0.2) is 11.5 Å². The molecule has 148 heavy (non-hydrogen) atoms. The summed E-state index contributed by atoms with van der Waals surface area (Å²) in [6.07, 6.45) is 13.2. The maximum atomic E-state index is 11.8. The number of hydrogen-bond donors (Lipinski definition) is 6. The van der Waals surface area contributed by atoms with E-state index < -0.39 is 5.97 Å². The second-order valence-corrected chi connectivity index (χ2v) is 34.4. The van der Waals surface area contributed by atoms with E-state index in [1.807, 2.05) is 267 Å². The predicted molar refractivity (Wildman–Crippen MR) is 553 cm³/mol. The summed E-state index contributed by atoms with van der Waals surface area (Å²) in [6.45, 7) is 4.70. The lowest BCUT2D eigenvalue weighted by Crippen LogP contribution is -2.31. The number of carbonyl (C=O) groups is 9. The van der Waals surface area contributed by atoms with E-state index in [-0.39, 0.29) is 90.2 Å². The van der Waals surface area contributed by atoms with Crippen molar-refractivity contribution in [3.8, 4) is 40.6 Å². The molecule has 0 aliphatic carbocycles. The molecule has 0 radical (unpaired) electrons. The van der Waals surface area contributed by atoms with Crippen LogP contribution in [0.1, 0.15) is 96.5 Å². The van der Waals surface area contributed by atoms with E-state index in [0.29, 0.717) is 128 Å². The number of ether oxygens (including phenoxy) is 13. The second-order valence-electron chi connectivity index (χ2n) is 34.4. The molecule has 0 bridgehead atoms. The Morgan fingerprint density at radius 1 is 0.264 bits per heavy atom. The fourth-order valence-corrected chi connectivity index (χ4v) is 16.1. The Labute approximate surface area is 859 Å². The lowest BCUT2D eigenvalue weighted by Gasteiger charge is -2.17. The average molecular weight is 2000 g/mol. The number of nitrogens with one attached hydrogen (secondary N) is 6. The summed E-state index contributed by atoms with van der Waals surface area (Å²) in [5.41, 5.74) is 13.4. The Kier molecular flexibility index (Phi) is 40.1. The fraction of sp³-hybridized carbons (Fsp3) is 0.210. The molecule has 0 saturated carbocycles. The highest BCUT2D eigenvalue weighted by Gasteiger charge is 2.32. The molecule has 12 aromatic rings. The number of amides is 6. The number of methoxy groups -OCH3 is 5. The smallest absolute Gasteiger partial charge is 0.337 e. The van der Waals surface area contributed by atoms with Crippen molar-refractivity contribution < 1.29 is 105 Å². The van der Waals surface area contributed by atoms with E-state index in [0.717, 1.165) is 84.9 Å². The van der Waals surface area contributed by atoms with Gasteiger partial charge in [-0.25, -0.2) is 4.79 Å². The SMILES string of the molecule is CC(=O)Oc1ccc(COC2=CC(=O)N[C@H]2Cc2ccccc2)cc1.COC(=O)c1ccc(COC2=CC(=O)N[C@H]2Cc2ccccc2)cc1.COc1ccc(COC2=CC(=O)N[C@H]2Cc2ccccc2)cc1.COc1ccc(COC2=CC(=O)N[C@H]2Cc2ccccc2)cc1OC(C)=O.COc1ccc(OC)c(COC2=CC(=O)N[C@H]2Cc2ccccc2)c1.N#Cc1ccc(COC2=CC(=O)N[C@H]2Cc2ccccc2)cc1. The van der Waals surface area contributed by atoms with Gasteiger partial charge in [0, 0.05) is 55.9 Å². The minimum Gasteiger partial charge on any atom is -0.497 e. The molecular weight excluding hydrogens is 1880 g/mol. The van der Waals surface area contributed by atoms with Gasteiger partial charge in [-0.1, -0.05) is 237 Å². The molecule has 6 N–H and O–H groups in total. The van der Waals surface area contributed by atoms with Crippen LogP contribution in [0.15, 0.2) is 386 Å². The normalized spacial score (nSPS) is 16.2. The van der Waals surface area contributed by atoms with Gasteiger partial charge in [-0.05, 0) is 179 Å². The maximum absolute atomic E-state index is 11.8. The van der Waals surface area contributed by atoms with Crippen molar-refractivity contribution in [3.05, 3.63) is 464 Å². The fourth-order valence-electron chi connectivity index (χ4n) is 16.1. The molecule has 29 nitrogen and oxygen atoms in total. The summed E-state index contributed by atoms with van der Waals surface area (Å²) in [5.74, 6) is 5.45. The van der Waals surface area contributed by atoms with Crippen LogP contribution in [0.4, 0.5) is 0 Å². The third-order valence-electron chi connectivity index (χ3n) is 23.5. The van der Waals surface area contributed by atoms with Crippen LogP contribution in [0.2, 0.25) is 0 Å². The number of esters is 3. The molecule has 0 spiro atoms. The van der Waals surface area contributed by atoms with Crippen LogP contribution in [0, 0.1) is 11.3 Å². The lowest BCUT2D eigenvalue weighted by atomic mass is 10.1. The molecule has 6 atom stereocenters. The van der Waals surface area contributed by atoms with E-state index in [2.05, 4.69) is 42.7 Å². The topological polar surface area (TPSA) is 370 Å². The summed E-state index contributed by atoms with van der Waals surface area (Å²) in [6, 6.07) is 101. The Morgan fingerprint density at radius 3 is 0.811 bits per heavy atom. The van der Waals surface area contributed by atoms with Crippen molar-refractivity contribution in [3.63, 3.8) is 0 Å². The first kappa shape index (κ1) is 107. The summed E-state index contributed by atoms with van der Waals surface area (Å²) in [5, 5.41) is 26.3. The van der Waals surface area contributed by atoms with Gasteiger partial charge < -0.3 is 93.5 Å².